The van der Waals surface area contributed by atoms with E-state index in [1.54, 1.807) is 22.9 Å². The molecule has 3 nitrogen and oxygen atoms in total. The largest absolute Gasteiger partial charge is 0.497 e. The van der Waals surface area contributed by atoms with E-state index in [2.05, 4.69) is 0 Å². The van der Waals surface area contributed by atoms with E-state index in [-0.39, 0.29) is 12.3 Å². The smallest absolute Gasteiger partial charge is 0.119 e. The topological polar surface area (TPSA) is 17.4 Å². The van der Waals surface area contributed by atoms with Crippen molar-refractivity contribution in [3.05, 3.63) is 30.5 Å². The SMILES string of the molecule is [2H]C([2H])([2H])Oc1ccc2c(ccn2C[C@H](N(C)C([2H])([2H])[2H])C([2H])([2H])[2H])c1. The van der Waals surface area contributed by atoms with Crippen LogP contribution in [0.2, 0.25) is 0 Å². The first-order valence-electron chi connectivity index (χ1n) is 9.69. The maximum atomic E-state index is 7.69. The zero-order valence-electron chi connectivity index (χ0n) is 18.5. The number of likely N-dealkylation sites (N-methyl/N-ethyl adjacent to an activating group) is 1. The predicted molar refractivity (Wildman–Crippen MR) is 71.6 cm³/mol. The van der Waals surface area contributed by atoms with Crippen LogP contribution in [-0.2, 0) is 6.54 Å². The quantitative estimate of drug-likeness (QED) is 0.818. The summed E-state index contributed by atoms with van der Waals surface area (Å²) in [6.45, 7) is -5.10. The highest BCUT2D eigenvalue weighted by Crippen LogP contribution is 2.22. The summed E-state index contributed by atoms with van der Waals surface area (Å²) in [7, 11) is -1.30. The fourth-order valence-electron chi connectivity index (χ4n) is 1.71. The zero-order chi connectivity index (χ0) is 19.9. The molecule has 0 amide bonds. The van der Waals surface area contributed by atoms with Crippen LogP contribution < -0.4 is 4.74 Å². The predicted octanol–water partition coefficient (Wildman–Crippen LogP) is 2.60. The fraction of sp³-hybridized carbons (Fsp3) is 0.429. The lowest BCUT2D eigenvalue weighted by Gasteiger charge is -2.20. The third-order valence-electron chi connectivity index (χ3n) is 2.70. The van der Waals surface area contributed by atoms with Gasteiger partial charge >= 0.3 is 0 Å². The molecule has 2 rings (SSSR count). The van der Waals surface area contributed by atoms with E-state index in [4.69, 9.17) is 17.1 Å². The molecule has 17 heavy (non-hydrogen) atoms. The van der Waals surface area contributed by atoms with Crippen LogP contribution in [0.5, 0.6) is 5.75 Å². The number of methoxy groups -OCH3 is 1. The maximum Gasteiger partial charge on any atom is 0.119 e. The minimum absolute atomic E-state index is 0.0611. The summed E-state index contributed by atoms with van der Waals surface area (Å²) in [4.78, 5) is 0.873. The van der Waals surface area contributed by atoms with Crippen LogP contribution in [0.25, 0.3) is 10.9 Å². The van der Waals surface area contributed by atoms with E-state index >= 15 is 0 Å². The third-order valence-corrected chi connectivity index (χ3v) is 2.70. The highest BCUT2D eigenvalue weighted by Gasteiger charge is 2.08. The van der Waals surface area contributed by atoms with Crippen molar-refractivity contribution in [2.24, 2.45) is 0 Å². The van der Waals surface area contributed by atoms with Crippen molar-refractivity contribution in [2.45, 2.75) is 19.4 Å². The van der Waals surface area contributed by atoms with Crippen molar-refractivity contribution >= 4 is 10.9 Å². The normalized spacial score (nSPS) is 23.3. The molecule has 1 atom stereocenters. The van der Waals surface area contributed by atoms with Gasteiger partial charge in [-0.2, -0.15) is 0 Å². The highest BCUT2D eigenvalue weighted by atomic mass is 16.5. The summed E-state index contributed by atoms with van der Waals surface area (Å²) in [6, 6.07) is 5.10. The summed E-state index contributed by atoms with van der Waals surface area (Å²) >= 11 is 0. The summed E-state index contributed by atoms with van der Waals surface area (Å²) in [6.07, 6.45) is 1.63. The molecule has 0 aliphatic heterocycles. The average Bonchev–Trinajstić information content (AvgIpc) is 2.82. The van der Waals surface area contributed by atoms with Gasteiger partial charge in [0.15, 0.2) is 0 Å². The van der Waals surface area contributed by atoms with Crippen molar-refractivity contribution in [3.8, 4) is 5.75 Å². The Kier molecular flexibility index (Phi) is 1.42. The van der Waals surface area contributed by atoms with E-state index in [9.17, 15) is 0 Å². The summed E-state index contributed by atoms with van der Waals surface area (Å²) in [5.74, 6) is 0.169. The number of benzene rings is 1. The van der Waals surface area contributed by atoms with Crippen LogP contribution in [0.15, 0.2) is 30.5 Å². The van der Waals surface area contributed by atoms with Crippen molar-refractivity contribution in [2.75, 3.05) is 21.1 Å². The molecule has 1 aromatic heterocycles. The lowest BCUT2D eigenvalue weighted by atomic mass is 10.2. The first kappa shape index (κ1) is 5.02. The monoisotopic (exact) mass is 241 g/mol. The second-order valence-corrected chi connectivity index (χ2v) is 3.92. The standard InChI is InChI=1S/C14H20N2O/c1-11(15(2)3)10-16-8-7-12-9-13(17-4)5-6-14(12)16/h5-9,11H,10H2,1-4H3/t11-/m1/s1/i1D3,2D3,4D3. The molecule has 92 valence electrons. The van der Waals surface area contributed by atoms with Crippen molar-refractivity contribution in [3.63, 3.8) is 0 Å². The van der Waals surface area contributed by atoms with Crippen LogP contribution >= 0.6 is 0 Å². The van der Waals surface area contributed by atoms with Gasteiger partial charge in [-0.3, -0.25) is 0 Å². The van der Waals surface area contributed by atoms with Crippen LogP contribution in [0.3, 0.4) is 0 Å². The average molecular weight is 241 g/mol. The Balaban J connectivity index is 2.34. The van der Waals surface area contributed by atoms with Gasteiger partial charge in [-0.25, -0.2) is 0 Å². The Morgan fingerprint density at radius 2 is 2.41 bits per heavy atom. The lowest BCUT2D eigenvalue weighted by molar-refractivity contribution is 0.286. The number of hydrogen-bond acceptors (Lipinski definition) is 2. The second-order valence-electron chi connectivity index (χ2n) is 3.92. The Morgan fingerprint density at radius 1 is 1.47 bits per heavy atom. The Hall–Kier alpha value is -1.48. The molecule has 0 fully saturated rings. The van der Waals surface area contributed by atoms with Gasteiger partial charge in [0.25, 0.3) is 0 Å². The van der Waals surface area contributed by atoms with Crippen LogP contribution in [0.1, 0.15) is 19.2 Å². The lowest BCUT2D eigenvalue weighted by Crippen LogP contribution is -2.28. The van der Waals surface area contributed by atoms with Gasteiger partial charge in [0.2, 0.25) is 0 Å². The Morgan fingerprint density at radius 3 is 3.18 bits per heavy atom. The number of aromatic nitrogens is 1. The van der Waals surface area contributed by atoms with E-state index in [1.165, 1.54) is 19.2 Å². The van der Waals surface area contributed by atoms with Gasteiger partial charge < -0.3 is 14.2 Å². The maximum absolute atomic E-state index is 7.69. The molecule has 0 saturated heterocycles. The summed E-state index contributed by atoms with van der Waals surface area (Å²) in [5, 5.41) is 0.660. The fourth-order valence-corrected chi connectivity index (χ4v) is 1.71. The van der Waals surface area contributed by atoms with E-state index < -0.39 is 26.9 Å². The molecule has 0 aliphatic rings. The summed E-state index contributed by atoms with van der Waals surface area (Å²) < 4.78 is 73.4. The van der Waals surface area contributed by atoms with Gasteiger partial charge in [-0.15, -0.1) is 0 Å². The van der Waals surface area contributed by atoms with Crippen molar-refractivity contribution in [1.82, 2.24) is 9.47 Å². The molecule has 1 aromatic carbocycles. The number of ether oxygens (including phenoxy) is 1. The number of fused-ring (bicyclic) bond motifs is 1. The van der Waals surface area contributed by atoms with Gasteiger partial charge in [-0.05, 0) is 45.1 Å². The molecule has 3 heteroatoms. The Bertz CT molecular complexity index is 760. The zero-order valence-corrected chi connectivity index (χ0v) is 9.47. The van der Waals surface area contributed by atoms with E-state index in [1.807, 2.05) is 0 Å². The van der Waals surface area contributed by atoms with Crippen molar-refractivity contribution in [1.29, 1.82) is 0 Å². The molecule has 0 aliphatic carbocycles. The first-order valence-corrected chi connectivity index (χ1v) is 5.19. The molecule has 2 aromatic rings. The molecular weight excluding hydrogens is 212 g/mol. The van der Waals surface area contributed by atoms with Crippen LogP contribution in [-0.4, -0.2) is 36.6 Å². The molecule has 1 heterocycles. The molecule has 0 unspecified atom stereocenters. The van der Waals surface area contributed by atoms with Gasteiger partial charge in [-0.1, -0.05) is 0 Å². The molecule has 0 radical (unpaired) electrons. The molecule has 0 saturated carbocycles. The first-order chi connectivity index (χ1) is 11.7. The van der Waals surface area contributed by atoms with Crippen LogP contribution in [0, 0.1) is 0 Å². The highest BCUT2D eigenvalue weighted by molar-refractivity contribution is 5.81. The molecule has 0 spiro atoms. The van der Waals surface area contributed by atoms with E-state index in [0.29, 0.717) is 10.9 Å². The van der Waals surface area contributed by atoms with Gasteiger partial charge in [0, 0.05) is 37.9 Å². The van der Waals surface area contributed by atoms with Crippen LogP contribution in [0.4, 0.5) is 0 Å². The second kappa shape index (κ2) is 4.80. The molecular formula is C14H20N2O. The summed E-state index contributed by atoms with van der Waals surface area (Å²) in [5.41, 5.74) is 0.649. The third kappa shape index (κ3) is 2.44. The van der Waals surface area contributed by atoms with Gasteiger partial charge in [0.05, 0.1) is 11.2 Å². The van der Waals surface area contributed by atoms with E-state index in [0.717, 1.165) is 4.90 Å². The number of rotatable bonds is 4. The number of nitrogens with zero attached hydrogens (tertiary/aromatic N) is 2. The molecule has 0 N–H and O–H groups in total. The number of hydrogen-bond donors (Lipinski definition) is 0. The molecule has 0 bridgehead atoms. The van der Waals surface area contributed by atoms with Gasteiger partial charge in [0.1, 0.15) is 5.75 Å². The minimum atomic E-state index is -2.56. The minimum Gasteiger partial charge on any atom is -0.497 e. The Labute approximate surface area is 115 Å². The van der Waals surface area contributed by atoms with Crippen molar-refractivity contribution < 1.29 is 17.1 Å².